The summed E-state index contributed by atoms with van der Waals surface area (Å²) < 4.78 is 0. The first-order valence-electron chi connectivity index (χ1n) is 4.78. The molecule has 1 aromatic heterocycles. The number of carbonyl (C=O) groups excluding carboxylic acids is 1. The number of hydrogen-bond acceptors (Lipinski definition) is 4. The highest BCUT2D eigenvalue weighted by atomic mass is 16.6. The summed E-state index contributed by atoms with van der Waals surface area (Å²) in [6.45, 7) is 2.50. The third-order valence-corrected chi connectivity index (χ3v) is 1.74. The summed E-state index contributed by atoms with van der Waals surface area (Å²) in [5.41, 5.74) is -0.112. The zero-order valence-corrected chi connectivity index (χ0v) is 8.77. The van der Waals surface area contributed by atoms with Crippen LogP contribution >= 0.6 is 0 Å². The number of aromatic nitrogens is 1. The number of nitrogens with zero attached hydrogens (tertiary/aromatic N) is 2. The van der Waals surface area contributed by atoms with E-state index in [4.69, 9.17) is 0 Å². The highest BCUT2D eigenvalue weighted by Crippen LogP contribution is 2.11. The van der Waals surface area contributed by atoms with Crippen LogP contribution in [0.25, 0.3) is 0 Å². The second-order valence-electron chi connectivity index (χ2n) is 3.04. The number of pyridine rings is 1. The molecular weight excluding hydrogens is 212 g/mol. The van der Waals surface area contributed by atoms with Crippen LogP contribution < -0.4 is 10.6 Å². The van der Waals surface area contributed by atoms with Crippen molar-refractivity contribution in [2.45, 2.75) is 13.3 Å². The average molecular weight is 224 g/mol. The number of rotatable bonds is 4. The van der Waals surface area contributed by atoms with Crippen molar-refractivity contribution in [1.82, 2.24) is 10.3 Å². The van der Waals surface area contributed by atoms with Crippen LogP contribution in [-0.4, -0.2) is 22.5 Å². The number of nitro groups is 1. The minimum absolute atomic E-state index is 0.112. The second-order valence-corrected chi connectivity index (χ2v) is 3.04. The lowest BCUT2D eigenvalue weighted by atomic mass is 10.4. The van der Waals surface area contributed by atoms with E-state index < -0.39 is 4.92 Å². The Morgan fingerprint density at radius 2 is 2.31 bits per heavy atom. The van der Waals surface area contributed by atoms with Gasteiger partial charge in [0.2, 0.25) is 0 Å². The Morgan fingerprint density at radius 3 is 2.81 bits per heavy atom. The van der Waals surface area contributed by atoms with E-state index in [1.54, 1.807) is 0 Å². The molecule has 2 N–H and O–H groups in total. The fourth-order valence-electron chi connectivity index (χ4n) is 0.967. The Kier molecular flexibility index (Phi) is 4.19. The van der Waals surface area contributed by atoms with Crippen LogP contribution in [0.3, 0.4) is 0 Å². The van der Waals surface area contributed by atoms with Crippen LogP contribution in [-0.2, 0) is 0 Å². The molecule has 0 saturated heterocycles. The van der Waals surface area contributed by atoms with Crippen LogP contribution in [0.2, 0.25) is 0 Å². The third kappa shape index (κ3) is 3.52. The highest BCUT2D eigenvalue weighted by molar-refractivity contribution is 5.88. The molecule has 0 spiro atoms. The number of anilines is 1. The van der Waals surface area contributed by atoms with Crippen molar-refractivity contribution in [1.29, 1.82) is 0 Å². The second kappa shape index (κ2) is 5.64. The van der Waals surface area contributed by atoms with Gasteiger partial charge in [0.15, 0.2) is 0 Å². The molecule has 16 heavy (non-hydrogen) atoms. The van der Waals surface area contributed by atoms with Crippen molar-refractivity contribution in [2.75, 3.05) is 11.9 Å². The van der Waals surface area contributed by atoms with Gasteiger partial charge in [-0.15, -0.1) is 0 Å². The molecule has 0 aliphatic carbocycles. The van der Waals surface area contributed by atoms with Gasteiger partial charge in [0, 0.05) is 12.6 Å². The van der Waals surface area contributed by atoms with Gasteiger partial charge < -0.3 is 5.32 Å². The maximum Gasteiger partial charge on any atom is 0.320 e. The Bertz CT molecular complexity index is 377. The van der Waals surface area contributed by atoms with Gasteiger partial charge in [0.05, 0.1) is 4.92 Å². The predicted octanol–water partition coefficient (Wildman–Crippen LogP) is 1.52. The molecule has 7 nitrogen and oxygen atoms in total. The van der Waals surface area contributed by atoms with Crippen molar-refractivity contribution in [3.05, 3.63) is 28.4 Å². The van der Waals surface area contributed by atoms with Crippen molar-refractivity contribution >= 4 is 17.5 Å². The lowest BCUT2D eigenvalue weighted by molar-refractivity contribution is -0.385. The number of hydrogen-bond donors (Lipinski definition) is 2. The number of urea groups is 1. The van der Waals surface area contributed by atoms with E-state index >= 15 is 0 Å². The topological polar surface area (TPSA) is 97.2 Å². The van der Waals surface area contributed by atoms with Crippen LogP contribution in [0.1, 0.15) is 13.3 Å². The van der Waals surface area contributed by atoms with Crippen molar-refractivity contribution in [3.63, 3.8) is 0 Å². The largest absolute Gasteiger partial charge is 0.338 e. The smallest absolute Gasteiger partial charge is 0.320 e. The van der Waals surface area contributed by atoms with Gasteiger partial charge in [-0.2, -0.15) is 0 Å². The summed E-state index contributed by atoms with van der Waals surface area (Å²) in [6.07, 6.45) is 1.93. The normalized spacial score (nSPS) is 9.56. The van der Waals surface area contributed by atoms with E-state index in [2.05, 4.69) is 15.6 Å². The molecule has 0 aliphatic rings. The molecule has 1 rings (SSSR count). The van der Waals surface area contributed by atoms with Crippen LogP contribution in [0.15, 0.2) is 18.3 Å². The van der Waals surface area contributed by atoms with E-state index in [1.807, 2.05) is 6.92 Å². The molecule has 1 aromatic rings. The molecule has 0 atom stereocenters. The summed E-state index contributed by atoms with van der Waals surface area (Å²) in [5, 5.41) is 15.4. The standard InChI is InChI=1S/C9H12N4O3/c1-2-5-10-9(14)12-8-4-3-7(6-11-8)13(15)16/h3-4,6H,2,5H2,1H3,(H2,10,11,12,14). The highest BCUT2D eigenvalue weighted by Gasteiger charge is 2.06. The molecule has 7 heteroatoms. The molecule has 0 radical (unpaired) electrons. The molecule has 2 amide bonds. The van der Waals surface area contributed by atoms with Gasteiger partial charge >= 0.3 is 6.03 Å². The lowest BCUT2D eigenvalue weighted by Crippen LogP contribution is -2.29. The van der Waals surface area contributed by atoms with Gasteiger partial charge in [0.25, 0.3) is 5.69 Å². The van der Waals surface area contributed by atoms with E-state index in [0.717, 1.165) is 12.6 Å². The van der Waals surface area contributed by atoms with Gasteiger partial charge in [-0.05, 0) is 12.5 Å². The minimum Gasteiger partial charge on any atom is -0.338 e. The molecule has 86 valence electrons. The third-order valence-electron chi connectivity index (χ3n) is 1.74. The molecular formula is C9H12N4O3. The Balaban J connectivity index is 2.55. The van der Waals surface area contributed by atoms with E-state index in [1.165, 1.54) is 12.1 Å². The maximum absolute atomic E-state index is 11.2. The molecule has 0 unspecified atom stereocenters. The van der Waals surface area contributed by atoms with Gasteiger partial charge in [-0.25, -0.2) is 9.78 Å². The molecule has 0 aromatic carbocycles. The quantitative estimate of drug-likeness (QED) is 0.598. The van der Waals surface area contributed by atoms with Gasteiger partial charge in [0.1, 0.15) is 12.0 Å². The predicted molar refractivity (Wildman–Crippen MR) is 58.2 cm³/mol. The van der Waals surface area contributed by atoms with E-state index in [9.17, 15) is 14.9 Å². The van der Waals surface area contributed by atoms with Crippen molar-refractivity contribution in [2.24, 2.45) is 0 Å². The molecule has 0 saturated carbocycles. The number of carbonyl (C=O) groups is 1. The Hall–Kier alpha value is -2.18. The summed E-state index contributed by atoms with van der Waals surface area (Å²) in [5.74, 6) is 0.277. The maximum atomic E-state index is 11.2. The fourth-order valence-corrected chi connectivity index (χ4v) is 0.967. The Labute approximate surface area is 92.0 Å². The zero-order valence-electron chi connectivity index (χ0n) is 8.77. The first-order chi connectivity index (χ1) is 7.63. The fraction of sp³-hybridized carbons (Fsp3) is 0.333. The average Bonchev–Trinajstić information content (AvgIpc) is 2.27. The summed E-state index contributed by atoms with van der Waals surface area (Å²) in [4.78, 5) is 24.7. The summed E-state index contributed by atoms with van der Waals surface area (Å²) in [7, 11) is 0. The zero-order chi connectivity index (χ0) is 12.0. The summed E-state index contributed by atoms with van der Waals surface area (Å²) >= 11 is 0. The van der Waals surface area contributed by atoms with Gasteiger partial charge in [-0.3, -0.25) is 15.4 Å². The first-order valence-corrected chi connectivity index (χ1v) is 4.78. The number of amides is 2. The number of nitrogens with one attached hydrogen (secondary N) is 2. The monoisotopic (exact) mass is 224 g/mol. The minimum atomic E-state index is -0.548. The Morgan fingerprint density at radius 1 is 1.56 bits per heavy atom. The molecule has 0 bridgehead atoms. The summed E-state index contributed by atoms with van der Waals surface area (Å²) in [6, 6.07) is 2.29. The van der Waals surface area contributed by atoms with Gasteiger partial charge in [-0.1, -0.05) is 6.92 Å². The van der Waals surface area contributed by atoms with Crippen LogP contribution in [0.5, 0.6) is 0 Å². The SMILES string of the molecule is CCCNC(=O)Nc1ccc([N+](=O)[O-])cn1. The van der Waals surface area contributed by atoms with E-state index in [0.29, 0.717) is 6.54 Å². The first kappa shape index (κ1) is 11.9. The van der Waals surface area contributed by atoms with Crippen LogP contribution in [0.4, 0.5) is 16.3 Å². The van der Waals surface area contributed by atoms with E-state index in [-0.39, 0.29) is 17.5 Å². The molecule has 0 aliphatic heterocycles. The lowest BCUT2D eigenvalue weighted by Gasteiger charge is -2.04. The van der Waals surface area contributed by atoms with Crippen LogP contribution in [0, 0.1) is 10.1 Å². The van der Waals surface area contributed by atoms with Crippen molar-refractivity contribution in [3.8, 4) is 0 Å². The van der Waals surface area contributed by atoms with Crippen molar-refractivity contribution < 1.29 is 9.72 Å². The molecule has 0 fully saturated rings. The molecule has 1 heterocycles.